The van der Waals surface area contributed by atoms with Gasteiger partial charge in [-0.05, 0) is 50.5 Å². The van der Waals surface area contributed by atoms with Gasteiger partial charge < -0.3 is 14.7 Å². The molecule has 10 heteroatoms. The minimum Gasteiger partial charge on any atom is -0.350 e. The molecule has 1 saturated heterocycles. The van der Waals surface area contributed by atoms with Crippen LogP contribution in [0.2, 0.25) is 0 Å². The molecule has 34 heavy (non-hydrogen) atoms. The van der Waals surface area contributed by atoms with E-state index in [0.717, 1.165) is 56.4 Å². The van der Waals surface area contributed by atoms with E-state index in [1.165, 1.54) is 6.07 Å². The Labute approximate surface area is 195 Å². The van der Waals surface area contributed by atoms with Crippen LogP contribution in [0.15, 0.2) is 22.7 Å². The van der Waals surface area contributed by atoms with E-state index in [0.29, 0.717) is 36.6 Å². The van der Waals surface area contributed by atoms with Gasteiger partial charge in [0.1, 0.15) is 5.82 Å². The average molecular weight is 473 g/mol. The maximum Gasteiger partial charge on any atom is 0.242 e. The van der Waals surface area contributed by atoms with Crippen LogP contribution in [0.5, 0.6) is 0 Å². The molecule has 2 aromatic heterocycles. The third-order valence-electron chi connectivity index (χ3n) is 7.62. The molecule has 4 atom stereocenters. The summed E-state index contributed by atoms with van der Waals surface area (Å²) in [5.41, 5.74) is 1.01. The summed E-state index contributed by atoms with van der Waals surface area (Å²) in [6.07, 6.45) is 4.54. The van der Waals surface area contributed by atoms with E-state index in [1.807, 2.05) is 13.0 Å². The van der Waals surface area contributed by atoms with Crippen molar-refractivity contribution >= 4 is 11.8 Å². The van der Waals surface area contributed by atoms with Crippen molar-refractivity contribution in [3.05, 3.63) is 52.7 Å². The van der Waals surface area contributed by atoms with Crippen LogP contribution in [-0.2, 0) is 6.54 Å². The highest BCUT2D eigenvalue weighted by atomic mass is 19.2. The molecular weight excluding hydrogens is 445 g/mol. The van der Waals surface area contributed by atoms with Gasteiger partial charge in [0.05, 0.1) is 5.69 Å². The van der Waals surface area contributed by atoms with Crippen molar-refractivity contribution in [1.29, 1.82) is 0 Å². The van der Waals surface area contributed by atoms with E-state index in [1.54, 1.807) is 4.68 Å². The van der Waals surface area contributed by atoms with Crippen LogP contribution in [0.4, 0.5) is 25.0 Å². The zero-order valence-corrected chi connectivity index (χ0v) is 19.0. The Morgan fingerprint density at radius 1 is 1.03 bits per heavy atom. The molecular formula is C24H27F3N6O. The first-order valence-corrected chi connectivity index (χ1v) is 12.0. The zero-order chi connectivity index (χ0) is 23.4. The van der Waals surface area contributed by atoms with Crippen molar-refractivity contribution < 1.29 is 17.7 Å². The number of hydrogen-bond acceptors (Lipinski definition) is 6. The summed E-state index contributed by atoms with van der Waals surface area (Å²) in [5.74, 6) is -1.42. The van der Waals surface area contributed by atoms with Crippen LogP contribution in [0, 0.1) is 36.2 Å². The molecule has 7 nitrogen and oxygen atoms in total. The number of halogens is 3. The molecule has 1 aliphatic carbocycles. The SMILES string of the molecule is Cc1cc(N2C[C@H]3CC[C@@H](C2)C3Nc2nc3n(n2)CCCCC3c2ccc(F)c(F)c2F)on1. The molecule has 0 radical (unpaired) electrons. The number of aryl methyl sites for hydroxylation is 2. The van der Waals surface area contributed by atoms with E-state index >= 15 is 0 Å². The smallest absolute Gasteiger partial charge is 0.242 e. The summed E-state index contributed by atoms with van der Waals surface area (Å²) in [4.78, 5) is 7.01. The van der Waals surface area contributed by atoms with Crippen molar-refractivity contribution in [1.82, 2.24) is 19.9 Å². The largest absolute Gasteiger partial charge is 0.350 e. The molecule has 1 aromatic carbocycles. The Hall–Kier alpha value is -3.04. The number of piperidine rings is 1. The van der Waals surface area contributed by atoms with Crippen molar-refractivity contribution in [2.45, 2.75) is 57.5 Å². The van der Waals surface area contributed by atoms with Crippen LogP contribution >= 0.6 is 0 Å². The van der Waals surface area contributed by atoms with E-state index in [2.05, 4.69) is 20.5 Å². The summed E-state index contributed by atoms with van der Waals surface area (Å²) in [6.45, 7) is 4.34. The second-order valence-corrected chi connectivity index (χ2v) is 9.81. The lowest BCUT2D eigenvalue weighted by atomic mass is 9.92. The summed E-state index contributed by atoms with van der Waals surface area (Å²) in [7, 11) is 0. The van der Waals surface area contributed by atoms with Gasteiger partial charge in [-0.2, -0.15) is 4.98 Å². The Balaban J connectivity index is 1.24. The van der Waals surface area contributed by atoms with Gasteiger partial charge in [-0.1, -0.05) is 17.6 Å². The first-order valence-electron chi connectivity index (χ1n) is 12.0. The second kappa shape index (κ2) is 8.32. The highest BCUT2D eigenvalue weighted by molar-refractivity contribution is 5.40. The predicted molar refractivity (Wildman–Crippen MR) is 119 cm³/mol. The minimum atomic E-state index is -1.43. The summed E-state index contributed by atoms with van der Waals surface area (Å²) in [5, 5.41) is 12.3. The van der Waals surface area contributed by atoms with Gasteiger partial charge in [0.25, 0.3) is 0 Å². The van der Waals surface area contributed by atoms with Gasteiger partial charge in [0.2, 0.25) is 11.8 Å². The summed E-state index contributed by atoms with van der Waals surface area (Å²) in [6, 6.07) is 4.53. The lowest BCUT2D eigenvalue weighted by molar-refractivity contribution is 0.342. The van der Waals surface area contributed by atoms with Crippen LogP contribution < -0.4 is 10.2 Å². The summed E-state index contributed by atoms with van der Waals surface area (Å²) >= 11 is 0. The van der Waals surface area contributed by atoms with Crippen LogP contribution in [0.3, 0.4) is 0 Å². The molecule has 0 amide bonds. The molecule has 1 saturated carbocycles. The number of benzene rings is 1. The molecule has 2 fully saturated rings. The lowest BCUT2D eigenvalue weighted by Gasteiger charge is -2.37. The first kappa shape index (κ1) is 21.5. The fourth-order valence-corrected chi connectivity index (χ4v) is 5.97. The number of nitrogens with one attached hydrogen (secondary N) is 1. The van der Waals surface area contributed by atoms with E-state index < -0.39 is 23.4 Å². The maximum atomic E-state index is 14.6. The monoisotopic (exact) mass is 472 g/mol. The molecule has 4 heterocycles. The fraction of sp³-hybridized carbons (Fsp3) is 0.542. The Kier molecular flexibility index (Phi) is 5.26. The lowest BCUT2D eigenvalue weighted by Crippen LogP contribution is -2.48. The highest BCUT2D eigenvalue weighted by Gasteiger charge is 2.43. The van der Waals surface area contributed by atoms with Crippen molar-refractivity contribution in [2.24, 2.45) is 11.8 Å². The third-order valence-corrected chi connectivity index (χ3v) is 7.62. The minimum absolute atomic E-state index is 0.136. The van der Waals surface area contributed by atoms with Crippen molar-refractivity contribution in [3.8, 4) is 0 Å². The van der Waals surface area contributed by atoms with Gasteiger partial charge in [-0.25, -0.2) is 17.9 Å². The van der Waals surface area contributed by atoms with Crippen LogP contribution in [0.25, 0.3) is 0 Å². The van der Waals surface area contributed by atoms with Gasteiger partial charge >= 0.3 is 0 Å². The molecule has 0 spiro atoms. The topological polar surface area (TPSA) is 72.0 Å². The number of hydrogen-bond donors (Lipinski definition) is 1. The number of rotatable bonds is 4. The molecule has 2 bridgehead atoms. The van der Waals surface area contributed by atoms with Gasteiger partial charge in [0.15, 0.2) is 17.5 Å². The third kappa shape index (κ3) is 3.63. The van der Waals surface area contributed by atoms with Gasteiger partial charge in [-0.3, -0.25) is 0 Å². The van der Waals surface area contributed by atoms with Gasteiger partial charge in [-0.15, -0.1) is 5.10 Å². The number of aromatic nitrogens is 4. The molecule has 1 N–H and O–H groups in total. The first-order chi connectivity index (χ1) is 16.5. The van der Waals surface area contributed by atoms with Crippen LogP contribution in [0.1, 0.15) is 55.1 Å². The van der Waals surface area contributed by atoms with E-state index in [-0.39, 0.29) is 11.6 Å². The average Bonchev–Trinajstić information content (AvgIpc) is 3.45. The molecule has 180 valence electrons. The van der Waals surface area contributed by atoms with Crippen molar-refractivity contribution in [3.63, 3.8) is 0 Å². The van der Waals surface area contributed by atoms with E-state index in [9.17, 15) is 13.2 Å². The van der Waals surface area contributed by atoms with E-state index in [4.69, 9.17) is 9.51 Å². The molecule has 2 unspecified atom stereocenters. The number of nitrogens with zero attached hydrogens (tertiary/aromatic N) is 5. The Morgan fingerprint density at radius 2 is 1.82 bits per heavy atom. The summed E-state index contributed by atoms with van der Waals surface area (Å²) < 4.78 is 49.4. The molecule has 3 aliphatic rings. The zero-order valence-electron chi connectivity index (χ0n) is 19.0. The number of anilines is 2. The fourth-order valence-electron chi connectivity index (χ4n) is 5.97. The second-order valence-electron chi connectivity index (χ2n) is 9.81. The quantitative estimate of drug-likeness (QED) is 0.558. The normalized spacial score (nSPS) is 26.4. The molecule has 3 aromatic rings. The highest BCUT2D eigenvalue weighted by Crippen LogP contribution is 2.41. The van der Waals surface area contributed by atoms with Crippen molar-refractivity contribution in [2.75, 3.05) is 23.3 Å². The van der Waals surface area contributed by atoms with Gasteiger partial charge in [0, 0.05) is 43.2 Å². The van der Waals surface area contributed by atoms with Crippen LogP contribution in [-0.4, -0.2) is 39.1 Å². The predicted octanol–water partition coefficient (Wildman–Crippen LogP) is 4.63. The number of fused-ring (bicyclic) bond motifs is 3. The Bertz CT molecular complexity index is 1200. The molecule has 6 rings (SSSR count). The Morgan fingerprint density at radius 3 is 2.56 bits per heavy atom. The maximum absolute atomic E-state index is 14.6. The standard InChI is InChI=1S/C24H27F3N6O/c1-13-10-19(34-31-13)32-11-14-5-6-15(12-32)22(14)28-24-29-23-17(4-2-3-9-33(23)30-24)16-7-8-18(25)21(27)20(16)26/h7-8,10,14-15,17,22H,2-6,9,11-12H2,1H3,(H,28,30)/t14-,15+,17?,22?. The molecule has 2 aliphatic heterocycles.